The van der Waals surface area contributed by atoms with E-state index in [1.807, 2.05) is 32.0 Å². The summed E-state index contributed by atoms with van der Waals surface area (Å²) < 4.78 is 15.1. The zero-order valence-corrected chi connectivity index (χ0v) is 21.9. The summed E-state index contributed by atoms with van der Waals surface area (Å²) in [6.07, 6.45) is 0.840. The number of hydrogen-bond acceptors (Lipinski definition) is 8. The molecule has 3 aromatic rings. The SMILES string of the molecule is CNC(=O)C1(n2cnc3c(NCc4cccc(I)c4)nc(Cl)nc32)SCC2OC(C)(C)OC21. The molecule has 2 aliphatic heterocycles. The zero-order chi connectivity index (χ0) is 23.4. The summed E-state index contributed by atoms with van der Waals surface area (Å²) in [7, 11) is 1.61. The Labute approximate surface area is 213 Å². The Bertz CT molecular complexity index is 1240. The fourth-order valence-corrected chi connectivity index (χ4v) is 6.65. The fourth-order valence-electron chi connectivity index (χ4n) is 4.34. The topological polar surface area (TPSA) is 103 Å². The number of carbonyl (C=O) groups is 1. The van der Waals surface area contributed by atoms with Gasteiger partial charge >= 0.3 is 0 Å². The summed E-state index contributed by atoms with van der Waals surface area (Å²) in [4.78, 5) is 25.6. The number of likely N-dealkylation sites (N-methyl/N-ethyl adjacent to an activating group) is 1. The van der Waals surface area contributed by atoms with Gasteiger partial charge in [0.25, 0.3) is 5.91 Å². The van der Waals surface area contributed by atoms with Gasteiger partial charge in [-0.15, -0.1) is 11.8 Å². The van der Waals surface area contributed by atoms with Crippen LogP contribution in [0.4, 0.5) is 5.82 Å². The molecular formula is C21H22ClIN6O3S. The normalized spacial score (nSPS) is 25.8. The summed E-state index contributed by atoms with van der Waals surface area (Å²) in [6, 6.07) is 8.15. The number of thioether (sulfide) groups is 1. The predicted molar refractivity (Wildman–Crippen MR) is 135 cm³/mol. The fraction of sp³-hybridized carbons (Fsp3) is 0.429. The second-order valence-electron chi connectivity index (χ2n) is 8.29. The van der Waals surface area contributed by atoms with E-state index in [2.05, 4.69) is 54.2 Å². The summed E-state index contributed by atoms with van der Waals surface area (Å²) in [5, 5.41) is 6.16. The Morgan fingerprint density at radius 1 is 1.36 bits per heavy atom. The number of aromatic nitrogens is 4. The number of benzene rings is 1. The van der Waals surface area contributed by atoms with Gasteiger partial charge < -0.3 is 20.1 Å². The lowest BCUT2D eigenvalue weighted by atomic mass is 10.1. The second kappa shape index (κ2) is 8.52. The lowest BCUT2D eigenvalue weighted by Crippen LogP contribution is -2.53. The molecule has 2 aromatic heterocycles. The molecule has 174 valence electrons. The van der Waals surface area contributed by atoms with E-state index in [1.54, 1.807) is 17.9 Å². The molecule has 5 rings (SSSR count). The smallest absolute Gasteiger partial charge is 0.259 e. The van der Waals surface area contributed by atoms with Gasteiger partial charge in [-0.3, -0.25) is 9.36 Å². The van der Waals surface area contributed by atoms with Crippen LogP contribution in [0.15, 0.2) is 30.6 Å². The van der Waals surface area contributed by atoms with Crippen molar-refractivity contribution in [1.82, 2.24) is 24.8 Å². The molecule has 2 N–H and O–H groups in total. The van der Waals surface area contributed by atoms with Crippen molar-refractivity contribution in [2.75, 3.05) is 18.1 Å². The maximum atomic E-state index is 13.3. The van der Waals surface area contributed by atoms with E-state index in [0.29, 0.717) is 29.3 Å². The van der Waals surface area contributed by atoms with Gasteiger partial charge in [-0.25, -0.2) is 4.98 Å². The van der Waals surface area contributed by atoms with Crippen LogP contribution in [-0.2, 0) is 25.7 Å². The molecule has 4 heterocycles. The summed E-state index contributed by atoms with van der Waals surface area (Å²) in [5.41, 5.74) is 2.07. The third-order valence-corrected chi connectivity index (χ3v) is 8.05. The average Bonchev–Trinajstić information content (AvgIpc) is 3.42. The molecular weight excluding hydrogens is 579 g/mol. The van der Waals surface area contributed by atoms with Crippen LogP contribution in [0.25, 0.3) is 11.2 Å². The highest BCUT2D eigenvalue weighted by Crippen LogP contribution is 2.52. The van der Waals surface area contributed by atoms with Crippen LogP contribution < -0.4 is 10.6 Å². The molecule has 0 aliphatic carbocycles. The molecule has 12 heteroatoms. The van der Waals surface area contributed by atoms with E-state index in [0.717, 1.165) is 9.13 Å². The number of nitrogens with one attached hydrogen (secondary N) is 2. The molecule has 1 aromatic carbocycles. The van der Waals surface area contributed by atoms with Crippen LogP contribution >= 0.6 is 46.0 Å². The van der Waals surface area contributed by atoms with Gasteiger partial charge in [0.15, 0.2) is 22.8 Å². The quantitative estimate of drug-likeness (QED) is 0.340. The van der Waals surface area contributed by atoms with E-state index in [4.69, 9.17) is 21.1 Å². The molecule has 0 spiro atoms. The monoisotopic (exact) mass is 600 g/mol. The Hall–Kier alpha value is -1.67. The van der Waals surface area contributed by atoms with E-state index in [-0.39, 0.29) is 17.3 Å². The van der Waals surface area contributed by atoms with Crippen LogP contribution in [0.5, 0.6) is 0 Å². The van der Waals surface area contributed by atoms with E-state index >= 15 is 0 Å². The molecule has 33 heavy (non-hydrogen) atoms. The largest absolute Gasteiger partial charge is 0.364 e. The van der Waals surface area contributed by atoms with Crippen molar-refractivity contribution >= 4 is 68.8 Å². The van der Waals surface area contributed by atoms with Crippen molar-refractivity contribution in [3.63, 3.8) is 0 Å². The van der Waals surface area contributed by atoms with E-state index in [9.17, 15) is 4.79 Å². The Morgan fingerprint density at radius 3 is 2.94 bits per heavy atom. The molecule has 3 atom stereocenters. The molecule has 2 aliphatic rings. The highest BCUT2D eigenvalue weighted by Gasteiger charge is 2.63. The first-order valence-electron chi connectivity index (χ1n) is 10.3. The van der Waals surface area contributed by atoms with Crippen LogP contribution in [0.1, 0.15) is 19.4 Å². The number of imidazole rings is 1. The van der Waals surface area contributed by atoms with Crippen LogP contribution in [0, 0.1) is 3.57 Å². The van der Waals surface area contributed by atoms with Crippen LogP contribution in [0.3, 0.4) is 0 Å². The van der Waals surface area contributed by atoms with Crippen molar-refractivity contribution < 1.29 is 14.3 Å². The second-order valence-corrected chi connectivity index (χ2v) is 11.1. The number of halogens is 2. The molecule has 3 unspecified atom stereocenters. The Morgan fingerprint density at radius 2 is 2.18 bits per heavy atom. The highest BCUT2D eigenvalue weighted by atomic mass is 127. The number of carbonyl (C=O) groups excluding carboxylic acids is 1. The molecule has 2 fully saturated rings. The summed E-state index contributed by atoms with van der Waals surface area (Å²) >= 11 is 10.0. The molecule has 0 radical (unpaired) electrons. The minimum absolute atomic E-state index is 0.0601. The molecule has 9 nitrogen and oxygen atoms in total. The first-order chi connectivity index (χ1) is 15.7. The van der Waals surface area contributed by atoms with Gasteiger partial charge in [0.2, 0.25) is 10.2 Å². The third kappa shape index (κ3) is 3.97. The molecule has 0 saturated carbocycles. The van der Waals surface area contributed by atoms with E-state index < -0.39 is 16.8 Å². The van der Waals surface area contributed by atoms with Gasteiger partial charge in [-0.1, -0.05) is 12.1 Å². The van der Waals surface area contributed by atoms with Crippen molar-refractivity contribution in [3.05, 3.63) is 45.0 Å². The number of hydrogen-bond donors (Lipinski definition) is 2. The number of amides is 1. The van der Waals surface area contributed by atoms with Crippen molar-refractivity contribution in [2.24, 2.45) is 0 Å². The van der Waals surface area contributed by atoms with Crippen molar-refractivity contribution in [2.45, 2.75) is 43.3 Å². The molecule has 1 amide bonds. The lowest BCUT2D eigenvalue weighted by molar-refractivity contribution is -0.155. The minimum Gasteiger partial charge on any atom is -0.364 e. The minimum atomic E-state index is -1.15. The van der Waals surface area contributed by atoms with Gasteiger partial charge in [0.05, 0.1) is 6.33 Å². The maximum absolute atomic E-state index is 13.3. The lowest BCUT2D eigenvalue weighted by Gasteiger charge is -2.33. The van der Waals surface area contributed by atoms with Crippen molar-refractivity contribution in [1.29, 1.82) is 0 Å². The van der Waals surface area contributed by atoms with Gasteiger partial charge in [0.1, 0.15) is 12.2 Å². The highest BCUT2D eigenvalue weighted by molar-refractivity contribution is 14.1. The van der Waals surface area contributed by atoms with Crippen LogP contribution in [0.2, 0.25) is 5.28 Å². The first-order valence-corrected chi connectivity index (χ1v) is 12.8. The third-order valence-electron chi connectivity index (χ3n) is 5.67. The molecule has 2 saturated heterocycles. The molecule has 0 bridgehead atoms. The predicted octanol–water partition coefficient (Wildman–Crippen LogP) is 3.36. The maximum Gasteiger partial charge on any atom is 0.259 e. The number of fused-ring (bicyclic) bond motifs is 2. The number of rotatable bonds is 5. The van der Waals surface area contributed by atoms with E-state index in [1.165, 1.54) is 11.8 Å². The average molecular weight is 601 g/mol. The Balaban J connectivity index is 1.57. The van der Waals surface area contributed by atoms with Crippen molar-refractivity contribution in [3.8, 4) is 0 Å². The number of ether oxygens (including phenoxy) is 2. The number of nitrogens with zero attached hydrogens (tertiary/aromatic N) is 4. The summed E-state index contributed by atoms with van der Waals surface area (Å²) in [6.45, 7) is 4.24. The van der Waals surface area contributed by atoms with Gasteiger partial charge in [-0.2, -0.15) is 9.97 Å². The Kier molecular flexibility index (Phi) is 5.96. The van der Waals surface area contributed by atoms with Gasteiger partial charge in [-0.05, 0) is 65.7 Å². The summed E-state index contributed by atoms with van der Waals surface area (Å²) in [5.74, 6) is 0.0813. The standard InChI is InChI=1S/C21H22ClIN6O3S/c1-20(2)31-13-9-33-21(15(13)32-20,18(30)24-3)29-10-26-14-16(27-19(22)28-17(14)29)25-8-11-5-4-6-12(23)7-11/h4-7,10,13,15H,8-9H2,1-3H3,(H,24,30)(H,25,27,28). The van der Waals surface area contributed by atoms with Gasteiger partial charge in [0, 0.05) is 22.9 Å². The number of anilines is 1. The first kappa shape index (κ1) is 23.1. The van der Waals surface area contributed by atoms with Crippen LogP contribution in [-0.4, -0.2) is 56.2 Å². The zero-order valence-electron chi connectivity index (χ0n) is 18.1.